The molecular weight excluding hydrogens is 488 g/mol. The molecule has 0 aromatic carbocycles. The molecule has 0 amide bonds. The Bertz CT molecular complexity index is 892. The molecule has 0 atom stereocenters. The van der Waals surface area contributed by atoms with E-state index in [-0.39, 0.29) is 6.42 Å². The van der Waals surface area contributed by atoms with Gasteiger partial charge in [-0.1, -0.05) is 51.9 Å². The first kappa shape index (κ1) is 31.6. The third-order valence-corrected chi connectivity index (χ3v) is 3.96. The predicted molar refractivity (Wildman–Crippen MR) is 105 cm³/mol. The molecule has 4 N–H and O–H groups in total. The second kappa shape index (κ2) is 15.2. The van der Waals surface area contributed by atoms with Crippen LogP contribution in [0.25, 0.3) is 0 Å². The highest BCUT2D eigenvalue weighted by atomic mass is 32.3. The van der Waals surface area contributed by atoms with E-state index in [0.29, 0.717) is 18.9 Å². The van der Waals surface area contributed by atoms with Crippen molar-refractivity contribution in [2.45, 2.75) is 64.7 Å². The molecule has 0 saturated heterocycles. The molecule has 0 heterocycles. The van der Waals surface area contributed by atoms with Crippen molar-refractivity contribution in [3.8, 4) is 0 Å². The van der Waals surface area contributed by atoms with Gasteiger partial charge >= 0.3 is 43.1 Å². The summed E-state index contributed by atoms with van der Waals surface area (Å²) in [6, 6.07) is 0. The molecule has 0 aliphatic rings. The van der Waals surface area contributed by atoms with Gasteiger partial charge in [0.25, 0.3) is 0 Å². The molecule has 0 rings (SSSR count). The van der Waals surface area contributed by atoms with Crippen molar-refractivity contribution in [2.75, 3.05) is 0 Å². The van der Waals surface area contributed by atoms with Crippen LogP contribution >= 0.6 is 0 Å². The lowest BCUT2D eigenvalue weighted by Crippen LogP contribution is -2.16. The standard InChI is InChI=1S/C14H24O10S2.H2O4S/c1-2-3-4-5-6-7-8-9-10-12(14(16)24-26(20,21)22)11-13(15)23-25(17,18)19;1-5(2,3)4/h11H,2-10H2,1H3,(H,17,18,19)(H,20,21,22);(H2,1,2,3,4)/b12-11-;. The highest BCUT2D eigenvalue weighted by Gasteiger charge is 2.21. The highest BCUT2D eigenvalue weighted by molar-refractivity contribution is 7.81. The van der Waals surface area contributed by atoms with Gasteiger partial charge in [-0.25, -0.2) is 9.59 Å². The van der Waals surface area contributed by atoms with Crippen LogP contribution in [0.3, 0.4) is 0 Å². The zero-order valence-corrected chi connectivity index (χ0v) is 19.0. The maximum Gasteiger partial charge on any atom is 0.449 e. The van der Waals surface area contributed by atoms with E-state index in [9.17, 15) is 26.4 Å². The van der Waals surface area contributed by atoms with Crippen molar-refractivity contribution in [3.63, 3.8) is 0 Å². The van der Waals surface area contributed by atoms with Crippen molar-refractivity contribution in [2.24, 2.45) is 0 Å². The fourth-order valence-electron chi connectivity index (χ4n) is 2.10. The van der Waals surface area contributed by atoms with E-state index >= 15 is 0 Å². The molecule has 0 aliphatic carbocycles. The van der Waals surface area contributed by atoms with Gasteiger partial charge in [0.15, 0.2) is 0 Å². The molecule has 0 aromatic rings. The third-order valence-electron chi connectivity index (χ3n) is 3.22. The van der Waals surface area contributed by atoms with E-state index in [4.69, 9.17) is 26.6 Å². The van der Waals surface area contributed by atoms with E-state index in [1.807, 2.05) is 0 Å². The number of hydrogen-bond acceptors (Lipinski definition) is 10. The third kappa shape index (κ3) is 28.4. The topological polar surface area (TPSA) is 236 Å². The van der Waals surface area contributed by atoms with Gasteiger partial charge in [0.1, 0.15) is 0 Å². The first-order chi connectivity index (χ1) is 13.9. The summed E-state index contributed by atoms with van der Waals surface area (Å²) in [7, 11) is -14.8. The number of carbonyl (C=O) groups excluding carboxylic acids is 2. The Balaban J connectivity index is 0. The average Bonchev–Trinajstić information content (AvgIpc) is 2.51. The van der Waals surface area contributed by atoms with Crippen LogP contribution in [0, 0.1) is 0 Å². The molecule has 0 radical (unpaired) electrons. The number of rotatable bonds is 13. The molecule has 0 saturated carbocycles. The summed E-state index contributed by atoms with van der Waals surface area (Å²) in [6.07, 6.45) is 7.68. The van der Waals surface area contributed by atoms with Gasteiger partial charge in [0.05, 0.1) is 0 Å². The molecule has 184 valence electrons. The second-order valence-electron chi connectivity index (χ2n) is 5.97. The van der Waals surface area contributed by atoms with Gasteiger partial charge in [-0.05, 0) is 12.8 Å². The van der Waals surface area contributed by atoms with E-state index in [2.05, 4.69) is 15.3 Å². The van der Waals surface area contributed by atoms with E-state index < -0.39 is 48.7 Å². The Morgan fingerprint density at radius 3 is 1.48 bits per heavy atom. The Morgan fingerprint density at radius 2 is 1.10 bits per heavy atom. The molecule has 17 heteroatoms. The van der Waals surface area contributed by atoms with Crippen LogP contribution in [0.5, 0.6) is 0 Å². The number of carbonyl (C=O) groups is 2. The van der Waals surface area contributed by atoms with Crippen LogP contribution in [0.1, 0.15) is 64.7 Å². The second-order valence-corrected chi connectivity index (χ2v) is 8.91. The summed E-state index contributed by atoms with van der Waals surface area (Å²) >= 11 is 0. The van der Waals surface area contributed by atoms with Crippen LogP contribution in [-0.4, -0.2) is 55.4 Å². The minimum Gasteiger partial charge on any atom is -0.321 e. The largest absolute Gasteiger partial charge is 0.449 e. The van der Waals surface area contributed by atoms with Crippen LogP contribution in [0.4, 0.5) is 0 Å². The van der Waals surface area contributed by atoms with Crippen LogP contribution in [-0.2, 0) is 49.2 Å². The summed E-state index contributed by atoms with van der Waals surface area (Å²) in [6.45, 7) is 2.10. The first-order valence-electron chi connectivity index (χ1n) is 8.77. The SMILES string of the molecule is CCCCCCCCCC/C(=C/C(=O)OS(=O)(=O)O)C(=O)OS(=O)(=O)O.O=S(=O)(O)O. The van der Waals surface area contributed by atoms with E-state index in [0.717, 1.165) is 38.5 Å². The minimum atomic E-state index is -5.10. The molecular formula is C14H26O14S3. The molecule has 0 aliphatic heterocycles. The van der Waals surface area contributed by atoms with Crippen molar-refractivity contribution in [1.29, 1.82) is 0 Å². The molecule has 14 nitrogen and oxygen atoms in total. The number of unbranched alkanes of at least 4 members (excludes halogenated alkanes) is 7. The minimum absolute atomic E-state index is 0.107. The van der Waals surface area contributed by atoms with Crippen LogP contribution < -0.4 is 0 Å². The van der Waals surface area contributed by atoms with Gasteiger partial charge in [0, 0.05) is 11.6 Å². The summed E-state index contributed by atoms with van der Waals surface area (Å²) in [5.74, 6) is -3.14. The zero-order valence-electron chi connectivity index (χ0n) is 16.5. The smallest absolute Gasteiger partial charge is 0.321 e. The quantitative estimate of drug-likeness (QED) is 0.155. The monoisotopic (exact) mass is 514 g/mol. The number of hydrogen-bond donors (Lipinski definition) is 4. The first-order valence-corrected chi connectivity index (χ1v) is 12.9. The lowest BCUT2D eigenvalue weighted by Gasteiger charge is -2.06. The van der Waals surface area contributed by atoms with Gasteiger partial charge in [0.2, 0.25) is 0 Å². The zero-order chi connectivity index (χ0) is 24.7. The Hall–Kier alpha value is -1.63. The Kier molecular flexibility index (Phi) is 15.5. The summed E-state index contributed by atoms with van der Waals surface area (Å²) in [5, 5.41) is 0. The van der Waals surface area contributed by atoms with Gasteiger partial charge in [-0.2, -0.15) is 25.3 Å². The molecule has 31 heavy (non-hydrogen) atoms. The Labute approximate surface area is 181 Å². The van der Waals surface area contributed by atoms with Crippen molar-refractivity contribution in [1.82, 2.24) is 0 Å². The van der Waals surface area contributed by atoms with Crippen LogP contribution in [0.15, 0.2) is 11.6 Å². The van der Waals surface area contributed by atoms with E-state index in [1.54, 1.807) is 0 Å². The lowest BCUT2D eigenvalue weighted by molar-refractivity contribution is -0.132. The fourth-order valence-corrected chi connectivity index (χ4v) is 2.66. The summed E-state index contributed by atoms with van der Waals surface area (Å²) in [4.78, 5) is 23.0. The fraction of sp³-hybridized carbons (Fsp3) is 0.714. The van der Waals surface area contributed by atoms with Gasteiger partial charge in [-0.15, -0.1) is 0 Å². The average molecular weight is 515 g/mol. The van der Waals surface area contributed by atoms with Gasteiger partial charge < -0.3 is 8.37 Å². The predicted octanol–water partition coefficient (Wildman–Crippen LogP) is 1.48. The maximum absolute atomic E-state index is 11.6. The molecule has 0 aromatic heterocycles. The summed E-state index contributed by atoms with van der Waals surface area (Å²) < 4.78 is 98.0. The van der Waals surface area contributed by atoms with Gasteiger partial charge in [-0.3, -0.25) is 18.2 Å². The van der Waals surface area contributed by atoms with E-state index in [1.165, 1.54) is 0 Å². The van der Waals surface area contributed by atoms with Crippen LogP contribution in [0.2, 0.25) is 0 Å². The van der Waals surface area contributed by atoms with Crippen molar-refractivity contribution < 1.29 is 61.4 Å². The molecule has 0 unspecified atom stereocenters. The normalized spacial score (nSPS) is 12.5. The molecule has 0 fully saturated rings. The maximum atomic E-state index is 11.6. The van der Waals surface area contributed by atoms with Crippen molar-refractivity contribution >= 4 is 43.1 Å². The summed E-state index contributed by atoms with van der Waals surface area (Å²) in [5.41, 5.74) is -0.512. The lowest BCUT2D eigenvalue weighted by atomic mass is 10.0. The highest BCUT2D eigenvalue weighted by Crippen LogP contribution is 2.15. The van der Waals surface area contributed by atoms with Crippen molar-refractivity contribution in [3.05, 3.63) is 11.6 Å². The molecule has 0 bridgehead atoms. The molecule has 0 spiro atoms. The Morgan fingerprint density at radius 1 is 0.710 bits per heavy atom.